The van der Waals surface area contributed by atoms with Crippen molar-refractivity contribution in [3.8, 4) is 0 Å². The zero-order chi connectivity index (χ0) is 0. The van der Waals surface area contributed by atoms with Gasteiger partial charge in [0, 0.05) is 0 Å². The first kappa shape index (κ1) is 88.2. The van der Waals surface area contributed by atoms with E-state index in [9.17, 15) is 0 Å². The normalized spacial score (nSPS) is 0. The van der Waals surface area contributed by atoms with Crippen LogP contribution in [0.4, 0.5) is 0 Å². The average Bonchev–Trinajstić information content (AvgIpc) is 0. The molecule has 0 N–H and O–H groups in total. The van der Waals surface area contributed by atoms with Crippen LogP contribution in [-0.4, -0.2) is 491 Å². The summed E-state index contributed by atoms with van der Waals surface area (Å²) in [5.41, 5.74) is 0. The molecule has 52 valence electrons. The molecule has 0 rings (SSSR count). The molecule has 0 bridgehead atoms. The molecule has 0 radical (unpaired) electrons. The standard InChI is InChI=1S/13Ca.26H/q13*+2;26*-1. The van der Waals surface area contributed by atoms with Gasteiger partial charge in [0.25, 0.3) is 0 Å². The van der Waals surface area contributed by atoms with Crippen LogP contribution in [0.5, 0.6) is 0 Å². The van der Waals surface area contributed by atoms with Crippen LogP contribution < -0.4 is 0 Å². The summed E-state index contributed by atoms with van der Waals surface area (Å²) >= 11 is 0. The zero-order valence-corrected chi connectivity index (χ0v) is 37.9. The molecule has 0 spiro atoms. The van der Waals surface area contributed by atoms with Crippen molar-refractivity contribution in [1.82, 2.24) is 0 Å². The Hall–Kier alpha value is 16.4. The van der Waals surface area contributed by atoms with Gasteiger partial charge in [-0.1, -0.05) is 0 Å². The summed E-state index contributed by atoms with van der Waals surface area (Å²) in [5, 5.41) is 0. The molecule has 0 amide bonds. The van der Waals surface area contributed by atoms with E-state index in [2.05, 4.69) is 0 Å². The molecule has 0 unspecified atom stereocenters. The largest absolute Gasteiger partial charge is 2.00 e. The number of hydrogen-bond donors (Lipinski definition) is 0. The number of hydrogen-bond acceptors (Lipinski definition) is 0. The van der Waals surface area contributed by atoms with Gasteiger partial charge in [-0.05, 0) is 0 Å². The second kappa shape index (κ2) is 79.3. The van der Waals surface area contributed by atoms with Gasteiger partial charge in [-0.2, -0.15) is 0 Å². The molecule has 0 aromatic carbocycles. The van der Waals surface area contributed by atoms with Gasteiger partial charge in [0.2, 0.25) is 0 Å². The minimum absolute atomic E-state index is 0. The van der Waals surface area contributed by atoms with E-state index in [1.807, 2.05) is 0 Å². The molecule has 0 heterocycles. The van der Waals surface area contributed by atoms with Crippen molar-refractivity contribution in [2.75, 3.05) is 0 Å². The Kier molecular flexibility index (Phi) is 538. The third-order valence-electron chi connectivity index (χ3n) is 0. The molecule has 13 heavy (non-hydrogen) atoms. The molecule has 0 aromatic heterocycles. The van der Waals surface area contributed by atoms with Crippen LogP contribution in [0.2, 0.25) is 0 Å². The molecular weight excluding hydrogens is 521 g/mol. The molecule has 0 saturated heterocycles. The zero-order valence-electron chi connectivity index (χ0n) is 35.2. The fourth-order valence-electron chi connectivity index (χ4n) is 0. The van der Waals surface area contributed by atoms with Gasteiger partial charge in [-0.15, -0.1) is 0 Å². The average molecular weight is 547 g/mol. The maximum atomic E-state index is 0. The summed E-state index contributed by atoms with van der Waals surface area (Å²) < 4.78 is 0. The minimum Gasteiger partial charge on any atom is -1.00 e. The fourth-order valence-corrected chi connectivity index (χ4v) is 0. The van der Waals surface area contributed by atoms with Crippen LogP contribution in [0.3, 0.4) is 0 Å². The van der Waals surface area contributed by atoms with Crippen molar-refractivity contribution in [2.45, 2.75) is 0 Å². The molecular formula is H26Ca13. The smallest absolute Gasteiger partial charge is 1.00 e. The first-order valence-corrected chi connectivity index (χ1v) is 0. The summed E-state index contributed by atoms with van der Waals surface area (Å²) in [4.78, 5) is 0. The second-order valence-electron chi connectivity index (χ2n) is 0. The van der Waals surface area contributed by atoms with E-state index in [0.717, 1.165) is 0 Å². The van der Waals surface area contributed by atoms with Crippen molar-refractivity contribution >= 4 is 491 Å². The van der Waals surface area contributed by atoms with E-state index >= 15 is 0 Å². The topological polar surface area (TPSA) is 0 Å². The third-order valence-corrected chi connectivity index (χ3v) is 0. The van der Waals surface area contributed by atoms with Crippen LogP contribution >= 0.6 is 0 Å². The second-order valence-corrected chi connectivity index (χ2v) is 0. The molecule has 0 aliphatic heterocycles. The van der Waals surface area contributed by atoms with Crippen molar-refractivity contribution in [3.63, 3.8) is 0 Å². The van der Waals surface area contributed by atoms with E-state index in [-0.39, 0.29) is 528 Å². The van der Waals surface area contributed by atoms with E-state index < -0.39 is 0 Å². The van der Waals surface area contributed by atoms with Gasteiger partial charge in [0.05, 0.1) is 0 Å². The Morgan fingerprint density at radius 2 is 0.154 bits per heavy atom. The summed E-state index contributed by atoms with van der Waals surface area (Å²) in [6, 6.07) is 0. The van der Waals surface area contributed by atoms with Crippen molar-refractivity contribution in [1.29, 1.82) is 0 Å². The molecule has 0 aliphatic carbocycles. The van der Waals surface area contributed by atoms with Crippen molar-refractivity contribution in [2.24, 2.45) is 0 Å². The van der Waals surface area contributed by atoms with E-state index in [1.54, 1.807) is 0 Å². The van der Waals surface area contributed by atoms with Crippen molar-refractivity contribution < 1.29 is 37.1 Å². The minimum atomic E-state index is 0. The quantitative estimate of drug-likeness (QED) is 0.308. The predicted octanol–water partition coefficient (Wildman–Crippen LogP) is -2.03. The van der Waals surface area contributed by atoms with Crippen LogP contribution in [-0.2, 0) is 0 Å². The Bertz CT molecular complexity index is 35.8. The number of rotatable bonds is 0. The molecule has 0 nitrogen and oxygen atoms in total. The fraction of sp³-hybridized carbons (Fsp3) is 0. The van der Waals surface area contributed by atoms with Crippen LogP contribution in [0.1, 0.15) is 37.1 Å². The Balaban J connectivity index is 0. The Morgan fingerprint density at radius 1 is 0.154 bits per heavy atom. The van der Waals surface area contributed by atoms with Crippen LogP contribution in [0.25, 0.3) is 0 Å². The monoisotopic (exact) mass is 546 g/mol. The molecule has 0 atom stereocenters. The van der Waals surface area contributed by atoms with E-state index in [0.29, 0.717) is 0 Å². The molecule has 0 saturated carbocycles. The van der Waals surface area contributed by atoms with Gasteiger partial charge in [-0.25, -0.2) is 0 Å². The molecule has 0 fully saturated rings. The maximum Gasteiger partial charge on any atom is 2.00 e. The van der Waals surface area contributed by atoms with E-state index in [4.69, 9.17) is 0 Å². The summed E-state index contributed by atoms with van der Waals surface area (Å²) in [7, 11) is 0. The third kappa shape index (κ3) is 73.6. The maximum absolute atomic E-state index is 0. The molecule has 13 heteroatoms. The van der Waals surface area contributed by atoms with Gasteiger partial charge >= 0.3 is 491 Å². The first-order valence-electron chi connectivity index (χ1n) is 0. The SMILES string of the molecule is [Ca+2].[Ca+2].[Ca+2].[Ca+2].[Ca+2].[Ca+2].[Ca+2].[Ca+2].[Ca+2].[Ca+2].[Ca+2].[Ca+2].[Ca+2].[H-].[H-].[H-].[H-].[H-].[H-].[H-].[H-].[H-].[H-].[H-].[H-].[H-].[H-].[H-].[H-].[H-].[H-].[H-].[H-].[H-].[H-].[H-].[H-].[H-].[H-]. The van der Waals surface area contributed by atoms with Gasteiger partial charge in [-0.3, -0.25) is 0 Å². The molecule has 0 aliphatic rings. The van der Waals surface area contributed by atoms with Gasteiger partial charge in [0.1, 0.15) is 0 Å². The predicted molar refractivity (Wildman–Crippen MR) is 104 cm³/mol. The van der Waals surface area contributed by atoms with Crippen molar-refractivity contribution in [3.05, 3.63) is 0 Å². The summed E-state index contributed by atoms with van der Waals surface area (Å²) in [5.74, 6) is 0. The van der Waals surface area contributed by atoms with Gasteiger partial charge in [0.15, 0.2) is 0 Å². The van der Waals surface area contributed by atoms with Crippen LogP contribution in [0.15, 0.2) is 0 Å². The Morgan fingerprint density at radius 3 is 0.154 bits per heavy atom. The van der Waals surface area contributed by atoms with Gasteiger partial charge < -0.3 is 37.1 Å². The van der Waals surface area contributed by atoms with Crippen LogP contribution in [0, 0.1) is 0 Å². The Labute approximate surface area is 509 Å². The van der Waals surface area contributed by atoms with E-state index in [1.165, 1.54) is 0 Å². The molecule has 0 aromatic rings. The first-order chi connectivity index (χ1) is 0. The summed E-state index contributed by atoms with van der Waals surface area (Å²) in [6.45, 7) is 0. The summed E-state index contributed by atoms with van der Waals surface area (Å²) in [6.07, 6.45) is 0.